The van der Waals surface area contributed by atoms with Crippen LogP contribution in [-0.2, 0) is 10.0 Å². The van der Waals surface area contributed by atoms with Crippen LogP contribution in [0.3, 0.4) is 0 Å². The number of carbonyl (C=O) groups is 1. The zero-order valence-corrected chi connectivity index (χ0v) is 11.9. The lowest BCUT2D eigenvalue weighted by atomic mass is 10.1. The van der Waals surface area contributed by atoms with Crippen LogP contribution >= 0.6 is 0 Å². The molecule has 0 spiro atoms. The van der Waals surface area contributed by atoms with Gasteiger partial charge >= 0.3 is 0 Å². The number of benzene rings is 1. The summed E-state index contributed by atoms with van der Waals surface area (Å²) in [6.45, 7) is 5.84. The monoisotopic (exact) mass is 282 g/mol. The SMILES string of the molecule is C=CCCN(C)C(=O)c1cc(C)ccc1S(N)(=O)=O. The van der Waals surface area contributed by atoms with Gasteiger partial charge in [0.05, 0.1) is 10.5 Å². The summed E-state index contributed by atoms with van der Waals surface area (Å²) in [6.07, 6.45) is 2.33. The molecule has 0 atom stereocenters. The fourth-order valence-electron chi connectivity index (χ4n) is 1.65. The second-order valence-electron chi connectivity index (χ2n) is 4.35. The van der Waals surface area contributed by atoms with Crippen LogP contribution in [0.1, 0.15) is 22.3 Å². The van der Waals surface area contributed by atoms with E-state index in [4.69, 9.17) is 5.14 Å². The normalized spacial score (nSPS) is 11.1. The third kappa shape index (κ3) is 3.90. The lowest BCUT2D eigenvalue weighted by Gasteiger charge is -2.18. The van der Waals surface area contributed by atoms with Crippen molar-refractivity contribution in [2.45, 2.75) is 18.2 Å². The predicted octanol–water partition coefficient (Wildman–Crippen LogP) is 1.29. The average molecular weight is 282 g/mol. The zero-order chi connectivity index (χ0) is 14.6. The van der Waals surface area contributed by atoms with Crippen LogP contribution in [0.2, 0.25) is 0 Å². The van der Waals surface area contributed by atoms with E-state index in [0.717, 1.165) is 5.56 Å². The summed E-state index contributed by atoms with van der Waals surface area (Å²) in [6, 6.07) is 4.51. The van der Waals surface area contributed by atoms with E-state index in [9.17, 15) is 13.2 Å². The highest BCUT2D eigenvalue weighted by molar-refractivity contribution is 7.89. The lowest BCUT2D eigenvalue weighted by molar-refractivity contribution is 0.0793. The molecule has 1 amide bonds. The number of aryl methyl sites for hydroxylation is 1. The summed E-state index contributed by atoms with van der Waals surface area (Å²) in [5, 5.41) is 5.13. The molecule has 6 heteroatoms. The third-order valence-electron chi connectivity index (χ3n) is 2.69. The molecule has 19 heavy (non-hydrogen) atoms. The summed E-state index contributed by atoms with van der Waals surface area (Å²) < 4.78 is 23.0. The maximum absolute atomic E-state index is 12.2. The van der Waals surface area contributed by atoms with Crippen molar-refractivity contribution in [2.75, 3.05) is 13.6 Å². The summed E-state index contributed by atoms with van der Waals surface area (Å²) in [7, 11) is -2.30. The number of amides is 1. The van der Waals surface area contributed by atoms with Crippen LogP contribution < -0.4 is 5.14 Å². The van der Waals surface area contributed by atoms with Gasteiger partial charge in [-0.2, -0.15) is 0 Å². The molecule has 0 aliphatic carbocycles. The molecule has 0 heterocycles. The van der Waals surface area contributed by atoms with Crippen LogP contribution in [0, 0.1) is 6.92 Å². The Hall–Kier alpha value is -1.66. The van der Waals surface area contributed by atoms with E-state index in [1.165, 1.54) is 17.0 Å². The van der Waals surface area contributed by atoms with E-state index in [1.807, 2.05) is 0 Å². The number of sulfonamides is 1. The highest BCUT2D eigenvalue weighted by Gasteiger charge is 2.21. The van der Waals surface area contributed by atoms with Gasteiger partial charge < -0.3 is 4.90 Å². The Morgan fingerprint density at radius 3 is 2.63 bits per heavy atom. The minimum atomic E-state index is -3.92. The van der Waals surface area contributed by atoms with Crippen molar-refractivity contribution in [1.82, 2.24) is 4.90 Å². The first-order valence-corrected chi connectivity index (χ1v) is 7.32. The molecule has 0 aliphatic heterocycles. The van der Waals surface area contributed by atoms with E-state index < -0.39 is 10.0 Å². The molecule has 0 saturated carbocycles. The standard InChI is InChI=1S/C13H18N2O3S/c1-4-5-8-15(3)13(16)11-9-10(2)6-7-12(11)19(14,17)18/h4,6-7,9H,1,5,8H2,2-3H3,(H2,14,17,18). The maximum Gasteiger partial charge on any atom is 0.254 e. The fourth-order valence-corrected chi connectivity index (χ4v) is 2.36. The lowest BCUT2D eigenvalue weighted by Crippen LogP contribution is -2.29. The number of nitrogens with zero attached hydrogens (tertiary/aromatic N) is 1. The van der Waals surface area contributed by atoms with Crippen molar-refractivity contribution in [2.24, 2.45) is 5.14 Å². The van der Waals surface area contributed by atoms with Crippen molar-refractivity contribution < 1.29 is 13.2 Å². The molecule has 0 fully saturated rings. The summed E-state index contributed by atoms with van der Waals surface area (Å²) >= 11 is 0. The first-order chi connectivity index (χ1) is 8.77. The van der Waals surface area contributed by atoms with Crippen LogP contribution in [-0.4, -0.2) is 32.8 Å². The van der Waals surface area contributed by atoms with Crippen molar-refractivity contribution in [3.8, 4) is 0 Å². The molecule has 5 nitrogen and oxygen atoms in total. The molecular formula is C13H18N2O3S. The Bertz CT molecular complexity index is 594. The summed E-state index contributed by atoms with van der Waals surface area (Å²) in [5.74, 6) is -0.366. The smallest absolute Gasteiger partial charge is 0.254 e. The topological polar surface area (TPSA) is 80.5 Å². The average Bonchev–Trinajstić information content (AvgIpc) is 2.33. The number of primary sulfonamides is 1. The quantitative estimate of drug-likeness (QED) is 0.826. The Morgan fingerprint density at radius 1 is 1.47 bits per heavy atom. The number of hydrogen-bond donors (Lipinski definition) is 1. The first kappa shape index (κ1) is 15.4. The van der Waals surface area contributed by atoms with Gasteiger partial charge in [-0.05, 0) is 25.5 Å². The van der Waals surface area contributed by atoms with Crippen molar-refractivity contribution in [3.05, 3.63) is 42.0 Å². The first-order valence-electron chi connectivity index (χ1n) is 5.77. The van der Waals surface area contributed by atoms with E-state index in [-0.39, 0.29) is 16.4 Å². The highest BCUT2D eigenvalue weighted by atomic mass is 32.2. The largest absolute Gasteiger partial charge is 0.341 e. The highest BCUT2D eigenvalue weighted by Crippen LogP contribution is 2.18. The Balaban J connectivity index is 3.21. The van der Waals surface area contributed by atoms with Crippen molar-refractivity contribution in [3.63, 3.8) is 0 Å². The Morgan fingerprint density at radius 2 is 2.11 bits per heavy atom. The second kappa shape index (κ2) is 5.99. The second-order valence-corrected chi connectivity index (χ2v) is 5.88. The van der Waals surface area contributed by atoms with Crippen LogP contribution in [0.15, 0.2) is 35.7 Å². The molecule has 0 aromatic heterocycles. The molecule has 0 aliphatic rings. The Kier molecular flexibility index (Phi) is 4.85. The molecule has 1 rings (SSSR count). The molecule has 0 saturated heterocycles. The number of nitrogens with two attached hydrogens (primary N) is 1. The van der Waals surface area contributed by atoms with Gasteiger partial charge in [0, 0.05) is 13.6 Å². The maximum atomic E-state index is 12.2. The van der Waals surface area contributed by atoms with Crippen molar-refractivity contribution >= 4 is 15.9 Å². The molecule has 104 valence electrons. The zero-order valence-electron chi connectivity index (χ0n) is 11.1. The number of carbonyl (C=O) groups excluding carboxylic acids is 1. The molecule has 1 aromatic carbocycles. The fraction of sp³-hybridized carbons (Fsp3) is 0.308. The van der Waals surface area contributed by atoms with Gasteiger partial charge in [0.15, 0.2) is 0 Å². The van der Waals surface area contributed by atoms with Gasteiger partial charge in [0.1, 0.15) is 0 Å². The van der Waals surface area contributed by atoms with Gasteiger partial charge in [0.25, 0.3) is 5.91 Å². The van der Waals surface area contributed by atoms with Crippen LogP contribution in [0.5, 0.6) is 0 Å². The summed E-state index contributed by atoms with van der Waals surface area (Å²) in [5.41, 5.74) is 0.905. The van der Waals surface area contributed by atoms with E-state index in [0.29, 0.717) is 13.0 Å². The van der Waals surface area contributed by atoms with Crippen LogP contribution in [0.4, 0.5) is 0 Å². The van der Waals surface area contributed by atoms with Gasteiger partial charge in [-0.25, -0.2) is 13.6 Å². The molecule has 0 unspecified atom stereocenters. The van der Waals surface area contributed by atoms with Gasteiger partial charge in [0.2, 0.25) is 10.0 Å². The number of rotatable bonds is 5. The molecule has 0 radical (unpaired) electrons. The number of hydrogen-bond acceptors (Lipinski definition) is 3. The van der Waals surface area contributed by atoms with Gasteiger partial charge in [-0.1, -0.05) is 17.7 Å². The molecule has 0 bridgehead atoms. The van der Waals surface area contributed by atoms with Crippen LogP contribution in [0.25, 0.3) is 0 Å². The Labute approximate surface area is 113 Å². The van der Waals surface area contributed by atoms with E-state index >= 15 is 0 Å². The van der Waals surface area contributed by atoms with Gasteiger partial charge in [-0.15, -0.1) is 6.58 Å². The van der Waals surface area contributed by atoms with Crippen molar-refractivity contribution in [1.29, 1.82) is 0 Å². The molecule has 1 aromatic rings. The van der Waals surface area contributed by atoms with E-state index in [1.54, 1.807) is 26.1 Å². The minimum absolute atomic E-state index is 0.106. The van der Waals surface area contributed by atoms with E-state index in [2.05, 4.69) is 6.58 Å². The third-order valence-corrected chi connectivity index (χ3v) is 3.66. The van der Waals surface area contributed by atoms with Gasteiger partial charge in [-0.3, -0.25) is 4.79 Å². The predicted molar refractivity (Wildman–Crippen MR) is 74.3 cm³/mol. The summed E-state index contributed by atoms with van der Waals surface area (Å²) in [4.78, 5) is 13.5. The molecular weight excluding hydrogens is 264 g/mol. The molecule has 2 N–H and O–H groups in total. The minimum Gasteiger partial charge on any atom is -0.341 e.